The third-order valence-electron chi connectivity index (χ3n) is 2.98. The molecule has 0 aliphatic rings. The number of carbonyl (C=O) groups excluding carboxylic acids is 1. The fourth-order valence-electron chi connectivity index (χ4n) is 1.85. The van der Waals surface area contributed by atoms with E-state index in [1.165, 1.54) is 0 Å². The normalized spacial score (nSPS) is 12.0. The number of carboxylic acid groups (broad SMARTS) is 1. The predicted octanol–water partition coefficient (Wildman–Crippen LogP) is 3.18. The van der Waals surface area contributed by atoms with Crippen LogP contribution < -0.4 is 9.83 Å². The monoisotopic (exact) mass is 412 g/mol. The summed E-state index contributed by atoms with van der Waals surface area (Å²) >= 11 is 11.2. The van der Waals surface area contributed by atoms with E-state index in [9.17, 15) is 31.5 Å². The van der Waals surface area contributed by atoms with Gasteiger partial charge in [0.05, 0.1) is 21.6 Å². The van der Waals surface area contributed by atoms with Crippen LogP contribution in [0.4, 0.5) is 18.9 Å². The van der Waals surface area contributed by atoms with Crippen molar-refractivity contribution in [1.82, 2.24) is 0 Å². The van der Waals surface area contributed by atoms with Crippen molar-refractivity contribution in [2.24, 2.45) is 0 Å². The van der Waals surface area contributed by atoms with E-state index in [4.69, 9.17) is 23.2 Å². The number of benzene rings is 2. The Bertz CT molecular complexity index is 946. The van der Waals surface area contributed by atoms with Crippen molar-refractivity contribution >= 4 is 44.9 Å². The molecule has 134 valence electrons. The Hall–Kier alpha value is -1.97. The summed E-state index contributed by atoms with van der Waals surface area (Å²) in [5.41, 5.74) is -2.12. The van der Waals surface area contributed by atoms with Gasteiger partial charge < -0.3 is 9.90 Å². The summed E-state index contributed by atoms with van der Waals surface area (Å²) in [6, 6.07) is 5.19. The highest BCUT2D eigenvalue weighted by Gasteiger charge is 2.33. The van der Waals surface area contributed by atoms with E-state index in [0.29, 0.717) is 6.07 Å². The largest absolute Gasteiger partial charge is 0.545 e. The summed E-state index contributed by atoms with van der Waals surface area (Å²) < 4.78 is 65.0. The number of aromatic carboxylic acids is 1. The predicted molar refractivity (Wildman–Crippen MR) is 83.0 cm³/mol. The van der Waals surface area contributed by atoms with E-state index in [-0.39, 0.29) is 5.02 Å². The van der Waals surface area contributed by atoms with E-state index in [2.05, 4.69) is 0 Å². The van der Waals surface area contributed by atoms with Crippen molar-refractivity contribution in [1.29, 1.82) is 0 Å². The molecule has 0 unspecified atom stereocenters. The average molecular weight is 413 g/mol. The van der Waals surface area contributed by atoms with Gasteiger partial charge in [0, 0.05) is 5.69 Å². The molecule has 2 rings (SSSR count). The molecule has 0 bridgehead atoms. The molecule has 2 aromatic rings. The smallest absolute Gasteiger partial charge is 0.417 e. The van der Waals surface area contributed by atoms with Crippen molar-refractivity contribution in [3.8, 4) is 0 Å². The van der Waals surface area contributed by atoms with Gasteiger partial charge in [-0.15, -0.1) is 0 Å². The first kappa shape index (κ1) is 19.4. The number of alkyl halides is 3. The lowest BCUT2D eigenvalue weighted by Gasteiger charge is -2.14. The number of nitrogens with one attached hydrogen (secondary N) is 1. The molecular weight excluding hydrogens is 406 g/mol. The number of carboxylic acids is 1. The first-order valence-electron chi connectivity index (χ1n) is 6.32. The van der Waals surface area contributed by atoms with Gasteiger partial charge in [-0.05, 0) is 35.9 Å². The number of hydrogen-bond donors (Lipinski definition) is 1. The minimum Gasteiger partial charge on any atom is -0.545 e. The summed E-state index contributed by atoms with van der Waals surface area (Å²) in [5.74, 6) is -1.64. The minimum absolute atomic E-state index is 0.317. The van der Waals surface area contributed by atoms with Crippen molar-refractivity contribution < 1.29 is 31.5 Å². The molecule has 11 heteroatoms. The summed E-state index contributed by atoms with van der Waals surface area (Å²) in [6.07, 6.45) is -4.79. The van der Waals surface area contributed by atoms with Gasteiger partial charge in [-0.1, -0.05) is 29.3 Å². The van der Waals surface area contributed by atoms with Crippen molar-refractivity contribution in [2.75, 3.05) is 4.72 Å². The molecule has 0 radical (unpaired) electrons. The number of hydrogen-bond acceptors (Lipinski definition) is 4. The number of sulfonamides is 1. The average Bonchev–Trinajstić information content (AvgIpc) is 2.47. The molecule has 2 aromatic carbocycles. The van der Waals surface area contributed by atoms with E-state index in [0.717, 1.165) is 30.3 Å². The fraction of sp³-hybridized carbons (Fsp3) is 0.0714. The lowest BCUT2D eigenvalue weighted by atomic mass is 10.2. The summed E-state index contributed by atoms with van der Waals surface area (Å²) in [5, 5.41) is 9.91. The summed E-state index contributed by atoms with van der Waals surface area (Å²) in [4.78, 5) is 10.2. The maximum atomic E-state index is 12.8. The molecule has 5 nitrogen and oxygen atoms in total. The van der Waals surface area contributed by atoms with Gasteiger partial charge in [0.15, 0.2) is 0 Å². The van der Waals surface area contributed by atoms with Gasteiger partial charge >= 0.3 is 6.18 Å². The molecule has 0 spiro atoms. The topological polar surface area (TPSA) is 86.3 Å². The highest BCUT2D eigenvalue weighted by molar-refractivity contribution is 7.92. The number of rotatable bonds is 4. The Balaban J connectivity index is 2.47. The first-order valence-corrected chi connectivity index (χ1v) is 8.56. The Morgan fingerprint density at radius 2 is 1.64 bits per heavy atom. The zero-order valence-corrected chi connectivity index (χ0v) is 14.2. The SMILES string of the molecule is O=C([O-])c1ccc(Cl)c(S(=O)(=O)Nc2ccc(Cl)c(C(F)(F)F)c2)c1. The third kappa shape index (κ3) is 4.36. The fourth-order valence-corrected chi connectivity index (χ4v) is 3.65. The molecule has 0 saturated carbocycles. The van der Waals surface area contributed by atoms with Gasteiger partial charge in [0.2, 0.25) is 0 Å². The molecule has 0 amide bonds. The second-order valence-electron chi connectivity index (χ2n) is 4.73. The Morgan fingerprint density at radius 3 is 2.20 bits per heavy atom. The zero-order valence-electron chi connectivity index (χ0n) is 11.9. The van der Waals surface area contributed by atoms with Crippen LogP contribution in [0.3, 0.4) is 0 Å². The van der Waals surface area contributed by atoms with Gasteiger partial charge in [-0.2, -0.15) is 13.2 Å². The third-order valence-corrected chi connectivity index (χ3v) is 5.17. The van der Waals surface area contributed by atoms with Crippen LogP contribution in [0.15, 0.2) is 41.3 Å². The Labute approximate surface area is 150 Å². The van der Waals surface area contributed by atoms with Crippen molar-refractivity contribution in [2.45, 2.75) is 11.1 Å². The molecule has 0 fully saturated rings. The first-order chi connectivity index (χ1) is 11.4. The van der Waals surface area contributed by atoms with E-state index in [1.54, 1.807) is 0 Å². The van der Waals surface area contributed by atoms with Crippen LogP contribution in [-0.4, -0.2) is 14.4 Å². The quantitative estimate of drug-likeness (QED) is 0.835. The molecular formula is C14H7Cl2F3NO4S-. The van der Waals surface area contributed by atoms with E-state index >= 15 is 0 Å². The lowest BCUT2D eigenvalue weighted by Crippen LogP contribution is -2.23. The molecule has 0 atom stereocenters. The van der Waals surface area contributed by atoms with Crippen LogP contribution in [0.25, 0.3) is 0 Å². The van der Waals surface area contributed by atoms with E-state index in [1.807, 2.05) is 4.72 Å². The molecule has 0 saturated heterocycles. The molecule has 0 aliphatic carbocycles. The lowest BCUT2D eigenvalue weighted by molar-refractivity contribution is -0.255. The van der Waals surface area contributed by atoms with Crippen LogP contribution >= 0.6 is 23.2 Å². The number of anilines is 1. The highest BCUT2D eigenvalue weighted by atomic mass is 35.5. The zero-order chi connectivity index (χ0) is 19.0. The van der Waals surface area contributed by atoms with Crippen LogP contribution in [0, 0.1) is 0 Å². The van der Waals surface area contributed by atoms with Gasteiger partial charge in [0.25, 0.3) is 10.0 Å². The number of halogens is 5. The van der Waals surface area contributed by atoms with Crippen molar-refractivity contribution in [3.63, 3.8) is 0 Å². The van der Waals surface area contributed by atoms with Crippen LogP contribution in [0.1, 0.15) is 15.9 Å². The molecule has 1 N–H and O–H groups in total. The molecule has 0 heterocycles. The highest BCUT2D eigenvalue weighted by Crippen LogP contribution is 2.36. The van der Waals surface area contributed by atoms with Crippen molar-refractivity contribution in [3.05, 3.63) is 57.6 Å². The minimum atomic E-state index is -4.79. The maximum Gasteiger partial charge on any atom is 0.417 e. The molecule has 0 aromatic heterocycles. The summed E-state index contributed by atoms with van der Waals surface area (Å²) in [7, 11) is -4.46. The van der Waals surface area contributed by atoms with Crippen LogP contribution in [0.5, 0.6) is 0 Å². The Morgan fingerprint density at radius 1 is 1.04 bits per heavy atom. The second kappa shape index (κ2) is 6.74. The second-order valence-corrected chi connectivity index (χ2v) is 7.20. The van der Waals surface area contributed by atoms with E-state index < -0.39 is 48.9 Å². The Kier molecular flexibility index (Phi) is 5.22. The summed E-state index contributed by atoms with van der Waals surface area (Å²) in [6.45, 7) is 0. The van der Waals surface area contributed by atoms with Gasteiger partial charge in [-0.25, -0.2) is 8.42 Å². The van der Waals surface area contributed by atoms with Crippen LogP contribution in [-0.2, 0) is 16.2 Å². The van der Waals surface area contributed by atoms with Crippen LogP contribution in [0.2, 0.25) is 10.0 Å². The van der Waals surface area contributed by atoms with Gasteiger partial charge in [-0.3, -0.25) is 4.72 Å². The molecule has 0 aliphatic heterocycles. The molecule has 25 heavy (non-hydrogen) atoms. The maximum absolute atomic E-state index is 12.8. The van der Waals surface area contributed by atoms with Gasteiger partial charge in [0.1, 0.15) is 4.90 Å². The number of carbonyl (C=O) groups is 1. The standard InChI is InChI=1S/C14H8Cl2F3NO4S/c15-10-4-2-8(6-9(10)14(17,18)19)20-25(23,24)12-5-7(13(21)22)1-3-11(12)16/h1-6,20H,(H,21,22)/p-1.